The molecule has 2 aromatic rings. The Labute approximate surface area is 211 Å². The molecule has 0 bridgehead atoms. The minimum Gasteiger partial charge on any atom is -0.495 e. The topological polar surface area (TPSA) is 131 Å². The first-order valence-corrected chi connectivity index (χ1v) is 12.1. The Kier molecular flexibility index (Phi) is 7.89. The van der Waals surface area contributed by atoms with Crippen LogP contribution in [-0.2, 0) is 0 Å². The molecule has 2 aliphatic rings. The Hall–Kier alpha value is -3.86. The number of urea groups is 1. The standard InChI is InChI=1S/C25H35N9O2/c1-16-9-23(29-11-17-13-34(14-17)25(35)27-2)32-24(30-16)31-19-5-6-22(36-4)21(10-19)28-12-18-15-33(3)8-7-20(18)26/h5-6,9-10,12,17,26,28H,7-8,11,13-15H2,1-4H3,(H,27,35)(H2,29,30,31,32)/b18-12-,26-20?. The summed E-state index contributed by atoms with van der Waals surface area (Å²) in [4.78, 5) is 24.8. The number of carbonyl (C=O) groups excluding carboxylic acids is 1. The minimum absolute atomic E-state index is 0.0375. The number of nitrogens with one attached hydrogen (secondary N) is 5. The van der Waals surface area contributed by atoms with Crippen molar-refractivity contribution in [2.24, 2.45) is 5.92 Å². The average molecular weight is 494 g/mol. The molecule has 4 rings (SSSR count). The van der Waals surface area contributed by atoms with Crippen molar-refractivity contribution in [3.8, 4) is 5.75 Å². The fourth-order valence-electron chi connectivity index (χ4n) is 4.24. The predicted molar refractivity (Wildman–Crippen MR) is 143 cm³/mol. The largest absolute Gasteiger partial charge is 0.495 e. The number of aromatic nitrogens is 2. The second kappa shape index (κ2) is 11.3. The van der Waals surface area contributed by atoms with Crippen LogP contribution in [0.15, 0.2) is 36.0 Å². The second-order valence-corrected chi connectivity index (χ2v) is 9.25. The van der Waals surface area contributed by atoms with Crippen LogP contribution in [0.25, 0.3) is 0 Å². The number of anilines is 4. The lowest BCUT2D eigenvalue weighted by atomic mass is 10.0. The Balaban J connectivity index is 1.41. The molecule has 0 radical (unpaired) electrons. The van der Waals surface area contributed by atoms with Crippen molar-refractivity contribution in [2.75, 3.05) is 69.9 Å². The summed E-state index contributed by atoms with van der Waals surface area (Å²) in [5.41, 5.74) is 4.06. The molecule has 0 spiro atoms. The van der Waals surface area contributed by atoms with Gasteiger partial charge in [-0.15, -0.1) is 0 Å². The van der Waals surface area contributed by atoms with Crippen LogP contribution >= 0.6 is 0 Å². The van der Waals surface area contributed by atoms with Crippen LogP contribution in [0.1, 0.15) is 12.1 Å². The Morgan fingerprint density at radius 3 is 2.83 bits per heavy atom. The molecule has 0 unspecified atom stereocenters. The lowest BCUT2D eigenvalue weighted by Gasteiger charge is -2.38. The molecule has 1 aromatic heterocycles. The van der Waals surface area contributed by atoms with Crippen molar-refractivity contribution in [3.63, 3.8) is 0 Å². The van der Waals surface area contributed by atoms with Gasteiger partial charge in [-0.2, -0.15) is 4.98 Å². The summed E-state index contributed by atoms with van der Waals surface area (Å²) in [6.07, 6.45) is 2.63. The van der Waals surface area contributed by atoms with Gasteiger partial charge in [-0.05, 0) is 32.2 Å². The fourth-order valence-corrected chi connectivity index (χ4v) is 4.24. The van der Waals surface area contributed by atoms with Gasteiger partial charge in [0.05, 0.1) is 12.8 Å². The van der Waals surface area contributed by atoms with E-state index in [1.54, 1.807) is 19.1 Å². The maximum atomic E-state index is 11.6. The number of methoxy groups -OCH3 is 1. The summed E-state index contributed by atoms with van der Waals surface area (Å²) in [5, 5.41) is 20.8. The molecule has 11 heteroatoms. The van der Waals surface area contributed by atoms with E-state index >= 15 is 0 Å². The molecular formula is C25H35N9O2. The van der Waals surface area contributed by atoms with Gasteiger partial charge in [-0.3, -0.25) is 0 Å². The lowest BCUT2D eigenvalue weighted by Crippen LogP contribution is -2.54. The Morgan fingerprint density at radius 1 is 1.28 bits per heavy atom. The Morgan fingerprint density at radius 2 is 2.08 bits per heavy atom. The van der Waals surface area contributed by atoms with Crippen LogP contribution in [0.3, 0.4) is 0 Å². The summed E-state index contributed by atoms with van der Waals surface area (Å²) in [5.74, 6) is 2.32. The third kappa shape index (κ3) is 6.22. The van der Waals surface area contributed by atoms with Gasteiger partial charge in [-0.25, -0.2) is 9.78 Å². The SMILES string of the molecule is CNC(=O)N1CC(CNc2cc(C)nc(Nc3ccc(OC)c(N/C=C4/CN(C)CCC4=N)c3)n2)C1. The molecule has 5 N–H and O–H groups in total. The number of ether oxygens (including phenoxy) is 1. The summed E-state index contributed by atoms with van der Waals surface area (Å²) >= 11 is 0. The van der Waals surface area contributed by atoms with Gasteiger partial charge in [0.1, 0.15) is 11.6 Å². The number of benzene rings is 1. The van der Waals surface area contributed by atoms with Gasteiger partial charge in [0.25, 0.3) is 0 Å². The van der Waals surface area contributed by atoms with E-state index in [0.717, 1.165) is 67.6 Å². The molecule has 0 saturated carbocycles. The highest BCUT2D eigenvalue weighted by Crippen LogP contribution is 2.29. The van der Waals surface area contributed by atoms with Gasteiger partial charge in [-0.1, -0.05) is 0 Å². The molecule has 2 amide bonds. The molecule has 2 aliphatic heterocycles. The molecule has 36 heavy (non-hydrogen) atoms. The predicted octanol–water partition coefficient (Wildman–Crippen LogP) is 2.87. The van der Waals surface area contributed by atoms with Gasteiger partial charge in [0.15, 0.2) is 0 Å². The highest BCUT2D eigenvalue weighted by molar-refractivity contribution is 5.99. The van der Waals surface area contributed by atoms with E-state index in [2.05, 4.69) is 43.2 Å². The number of piperidine rings is 1. The quantitative estimate of drug-likeness (QED) is 0.380. The van der Waals surface area contributed by atoms with E-state index in [1.807, 2.05) is 37.4 Å². The van der Waals surface area contributed by atoms with Crippen molar-refractivity contribution in [1.82, 2.24) is 25.1 Å². The van der Waals surface area contributed by atoms with Gasteiger partial charge >= 0.3 is 6.03 Å². The maximum absolute atomic E-state index is 11.6. The van der Waals surface area contributed by atoms with E-state index in [4.69, 9.17) is 10.1 Å². The van der Waals surface area contributed by atoms with Crippen LogP contribution in [-0.4, -0.2) is 85.4 Å². The van der Waals surface area contributed by atoms with Gasteiger partial charge < -0.3 is 41.2 Å². The first kappa shape index (κ1) is 25.2. The number of carbonyl (C=O) groups is 1. The summed E-state index contributed by atoms with van der Waals surface area (Å²) in [7, 11) is 5.34. The van der Waals surface area contributed by atoms with E-state index in [-0.39, 0.29) is 6.03 Å². The van der Waals surface area contributed by atoms with E-state index in [1.165, 1.54) is 0 Å². The average Bonchev–Trinajstić information content (AvgIpc) is 2.83. The van der Waals surface area contributed by atoms with Crippen molar-refractivity contribution in [1.29, 1.82) is 5.41 Å². The van der Waals surface area contributed by atoms with Crippen LogP contribution in [0.2, 0.25) is 0 Å². The zero-order chi connectivity index (χ0) is 25.7. The summed E-state index contributed by atoms with van der Waals surface area (Å²) in [6.45, 7) is 5.77. The number of nitrogens with zero attached hydrogens (tertiary/aromatic N) is 4. The van der Waals surface area contributed by atoms with E-state index in [0.29, 0.717) is 23.3 Å². The first-order valence-electron chi connectivity index (χ1n) is 12.1. The first-order chi connectivity index (χ1) is 17.3. The lowest BCUT2D eigenvalue weighted by molar-refractivity contribution is 0.128. The minimum atomic E-state index is -0.0375. The van der Waals surface area contributed by atoms with Crippen molar-refractivity contribution in [3.05, 3.63) is 41.7 Å². The van der Waals surface area contributed by atoms with Crippen molar-refractivity contribution >= 4 is 34.9 Å². The number of aryl methyl sites for hydroxylation is 1. The van der Waals surface area contributed by atoms with Crippen molar-refractivity contribution < 1.29 is 9.53 Å². The van der Waals surface area contributed by atoms with Crippen LogP contribution in [0, 0.1) is 18.3 Å². The summed E-state index contributed by atoms with van der Waals surface area (Å²) in [6, 6.07) is 7.60. The monoisotopic (exact) mass is 493 g/mol. The number of hydrogen-bond acceptors (Lipinski definition) is 9. The normalized spacial score (nSPS) is 17.5. The molecule has 0 atom stereocenters. The molecule has 2 fully saturated rings. The molecular weight excluding hydrogens is 458 g/mol. The molecule has 11 nitrogen and oxygen atoms in total. The van der Waals surface area contributed by atoms with Crippen LogP contribution < -0.4 is 26.0 Å². The number of rotatable bonds is 8. The third-order valence-electron chi connectivity index (χ3n) is 6.31. The van der Waals surface area contributed by atoms with E-state index < -0.39 is 0 Å². The molecule has 192 valence electrons. The highest BCUT2D eigenvalue weighted by Gasteiger charge is 2.29. The Bertz CT molecular complexity index is 1140. The zero-order valence-electron chi connectivity index (χ0n) is 21.3. The highest BCUT2D eigenvalue weighted by atomic mass is 16.5. The van der Waals surface area contributed by atoms with Crippen molar-refractivity contribution in [2.45, 2.75) is 13.3 Å². The number of hydrogen-bond donors (Lipinski definition) is 5. The number of likely N-dealkylation sites (tertiary alicyclic amines) is 2. The number of amides is 2. The molecule has 1 aromatic carbocycles. The molecule has 0 aliphatic carbocycles. The van der Waals surface area contributed by atoms with Crippen LogP contribution in [0.5, 0.6) is 5.75 Å². The smallest absolute Gasteiger partial charge is 0.317 e. The maximum Gasteiger partial charge on any atom is 0.317 e. The van der Waals surface area contributed by atoms with Gasteiger partial charge in [0.2, 0.25) is 5.95 Å². The zero-order valence-corrected chi connectivity index (χ0v) is 21.3. The third-order valence-corrected chi connectivity index (χ3v) is 6.31. The van der Waals surface area contributed by atoms with Gasteiger partial charge in [0, 0.05) is 87.0 Å². The fraction of sp³-hybridized carbons (Fsp3) is 0.440. The number of likely N-dealkylation sites (N-methyl/N-ethyl adjacent to an activating group) is 1. The van der Waals surface area contributed by atoms with E-state index in [9.17, 15) is 4.79 Å². The van der Waals surface area contributed by atoms with Crippen LogP contribution in [0.4, 0.5) is 27.9 Å². The molecule has 3 heterocycles. The summed E-state index contributed by atoms with van der Waals surface area (Å²) < 4.78 is 5.52. The molecule has 2 saturated heterocycles. The second-order valence-electron chi connectivity index (χ2n) is 9.25.